The lowest BCUT2D eigenvalue weighted by Crippen LogP contribution is -2.34. The van der Waals surface area contributed by atoms with Crippen molar-refractivity contribution in [1.29, 1.82) is 0 Å². The standard InChI is InChI=1S/C53H34N4O/c1-54-45-24-14-18-40(34-45)39-17-13-19-42(33-39)52-56-50(37-15-5-2-6-16-37)55-51(57-52)38-29-27-36(28-30-38)41-31-32-47-49(35-41)58-48-26-12-11-25-46(48)53(47,43-20-7-3-8-21-43)44-22-9-4-10-23-44/h2-35H. The Kier molecular flexibility index (Phi) is 8.70. The van der Waals surface area contributed by atoms with Gasteiger partial charge in [0.2, 0.25) is 0 Å². The van der Waals surface area contributed by atoms with Crippen LogP contribution in [0.15, 0.2) is 206 Å². The SMILES string of the molecule is [C-]#[N+]c1cccc(-c2cccc(-c3nc(-c4ccccc4)nc(-c4ccc(-c5ccc6c(c5)Oc5ccccc5C6(c5ccccc5)c5ccccc5)cc4)n3)c2)c1. The van der Waals surface area contributed by atoms with Crippen molar-refractivity contribution in [1.82, 2.24) is 15.0 Å². The van der Waals surface area contributed by atoms with Crippen molar-refractivity contribution in [2.24, 2.45) is 0 Å². The van der Waals surface area contributed by atoms with Gasteiger partial charge in [-0.2, -0.15) is 0 Å². The molecule has 0 saturated carbocycles. The highest BCUT2D eigenvalue weighted by atomic mass is 16.5. The first-order valence-corrected chi connectivity index (χ1v) is 19.2. The van der Waals surface area contributed by atoms with E-state index in [0.717, 1.165) is 61.6 Å². The smallest absolute Gasteiger partial charge is 0.187 e. The molecule has 2 heterocycles. The van der Waals surface area contributed by atoms with E-state index in [4.69, 9.17) is 26.3 Å². The molecule has 10 rings (SSSR count). The van der Waals surface area contributed by atoms with Crippen LogP contribution in [0.2, 0.25) is 0 Å². The average molecular weight is 743 g/mol. The quantitative estimate of drug-likeness (QED) is 0.153. The summed E-state index contributed by atoms with van der Waals surface area (Å²) in [5, 5.41) is 0. The Morgan fingerprint density at radius 1 is 0.362 bits per heavy atom. The van der Waals surface area contributed by atoms with E-state index in [-0.39, 0.29) is 0 Å². The number of hydrogen-bond acceptors (Lipinski definition) is 4. The molecule has 0 radical (unpaired) electrons. The van der Waals surface area contributed by atoms with Crippen molar-refractivity contribution >= 4 is 5.69 Å². The van der Waals surface area contributed by atoms with E-state index in [0.29, 0.717) is 23.2 Å². The Hall–Kier alpha value is -7.94. The van der Waals surface area contributed by atoms with E-state index >= 15 is 0 Å². The van der Waals surface area contributed by atoms with Crippen molar-refractivity contribution < 1.29 is 4.74 Å². The highest BCUT2D eigenvalue weighted by Gasteiger charge is 2.45. The van der Waals surface area contributed by atoms with Gasteiger partial charge >= 0.3 is 0 Å². The van der Waals surface area contributed by atoms with Crippen molar-refractivity contribution in [3.63, 3.8) is 0 Å². The summed E-state index contributed by atoms with van der Waals surface area (Å²) in [7, 11) is 0. The van der Waals surface area contributed by atoms with Gasteiger partial charge in [0.25, 0.3) is 0 Å². The number of para-hydroxylation sites is 1. The maximum absolute atomic E-state index is 7.48. The number of aromatic nitrogens is 3. The zero-order valence-corrected chi connectivity index (χ0v) is 31.3. The monoisotopic (exact) mass is 742 g/mol. The van der Waals surface area contributed by atoms with Gasteiger partial charge in [-0.15, -0.1) is 0 Å². The molecule has 1 aliphatic heterocycles. The van der Waals surface area contributed by atoms with Gasteiger partial charge in [-0.05, 0) is 57.6 Å². The van der Waals surface area contributed by atoms with E-state index in [2.05, 4.69) is 132 Å². The normalized spacial score (nSPS) is 12.4. The summed E-state index contributed by atoms with van der Waals surface area (Å²) in [4.78, 5) is 18.6. The molecule has 0 fully saturated rings. The number of hydrogen-bond donors (Lipinski definition) is 0. The van der Waals surface area contributed by atoms with Crippen molar-refractivity contribution in [2.75, 3.05) is 0 Å². The maximum Gasteiger partial charge on any atom is 0.187 e. The molecule has 0 aliphatic carbocycles. The summed E-state index contributed by atoms with van der Waals surface area (Å²) in [5.74, 6) is 3.42. The Morgan fingerprint density at radius 3 is 1.50 bits per heavy atom. The zero-order chi connectivity index (χ0) is 38.9. The third-order valence-electron chi connectivity index (χ3n) is 10.9. The molecule has 0 spiro atoms. The molecule has 5 nitrogen and oxygen atoms in total. The van der Waals surface area contributed by atoms with Crippen LogP contribution in [0.5, 0.6) is 11.5 Å². The van der Waals surface area contributed by atoms with E-state index in [9.17, 15) is 0 Å². The Bertz CT molecular complexity index is 2940. The fraction of sp³-hybridized carbons (Fsp3) is 0.0189. The first kappa shape index (κ1) is 34.5. The molecule has 0 bridgehead atoms. The van der Waals surface area contributed by atoms with Crippen LogP contribution < -0.4 is 4.74 Å². The average Bonchev–Trinajstić information content (AvgIpc) is 3.31. The maximum atomic E-state index is 7.48. The molecule has 0 N–H and O–H groups in total. The van der Waals surface area contributed by atoms with Crippen LogP contribution in [-0.2, 0) is 5.41 Å². The van der Waals surface area contributed by atoms with Crippen molar-refractivity contribution in [3.8, 4) is 67.9 Å². The van der Waals surface area contributed by atoms with Gasteiger partial charge in [-0.1, -0.05) is 182 Å². The van der Waals surface area contributed by atoms with Gasteiger partial charge in [-0.25, -0.2) is 19.8 Å². The number of fused-ring (bicyclic) bond motifs is 2. The number of rotatable bonds is 7. The molecular weight excluding hydrogens is 709 g/mol. The minimum atomic E-state index is -0.566. The third-order valence-corrected chi connectivity index (χ3v) is 10.9. The Labute approximate surface area is 337 Å². The van der Waals surface area contributed by atoms with Gasteiger partial charge in [-0.3, -0.25) is 0 Å². The van der Waals surface area contributed by atoms with Gasteiger partial charge in [0, 0.05) is 27.8 Å². The van der Waals surface area contributed by atoms with Gasteiger partial charge in [0.05, 0.1) is 12.0 Å². The first-order valence-electron chi connectivity index (χ1n) is 19.2. The van der Waals surface area contributed by atoms with E-state index in [1.54, 1.807) is 0 Å². The molecule has 0 amide bonds. The molecule has 272 valence electrons. The highest BCUT2D eigenvalue weighted by Crippen LogP contribution is 2.55. The lowest BCUT2D eigenvalue weighted by atomic mass is 9.63. The molecule has 58 heavy (non-hydrogen) atoms. The second-order valence-electron chi connectivity index (χ2n) is 14.3. The number of ether oxygens (including phenoxy) is 1. The number of nitrogens with zero attached hydrogens (tertiary/aromatic N) is 4. The van der Waals surface area contributed by atoms with Crippen LogP contribution in [0.4, 0.5) is 5.69 Å². The second kappa shape index (κ2) is 14.6. The van der Waals surface area contributed by atoms with Crippen molar-refractivity contribution in [2.45, 2.75) is 5.41 Å². The molecule has 1 aromatic heterocycles. The lowest BCUT2D eigenvalue weighted by Gasteiger charge is -2.41. The summed E-state index contributed by atoms with van der Waals surface area (Å²) >= 11 is 0. The predicted octanol–water partition coefficient (Wildman–Crippen LogP) is 13.2. The van der Waals surface area contributed by atoms with Crippen LogP contribution in [0.3, 0.4) is 0 Å². The van der Waals surface area contributed by atoms with Crippen LogP contribution in [0.25, 0.3) is 61.3 Å². The predicted molar refractivity (Wildman–Crippen MR) is 232 cm³/mol. The topological polar surface area (TPSA) is 52.3 Å². The second-order valence-corrected chi connectivity index (χ2v) is 14.3. The van der Waals surface area contributed by atoms with Crippen LogP contribution >= 0.6 is 0 Å². The summed E-state index contributed by atoms with van der Waals surface area (Å²) in [6.45, 7) is 7.48. The van der Waals surface area contributed by atoms with Crippen molar-refractivity contribution in [3.05, 3.63) is 240 Å². The largest absolute Gasteiger partial charge is 0.457 e. The summed E-state index contributed by atoms with van der Waals surface area (Å²) < 4.78 is 6.75. The molecule has 0 atom stereocenters. The van der Waals surface area contributed by atoms with Crippen LogP contribution in [0.1, 0.15) is 22.3 Å². The zero-order valence-electron chi connectivity index (χ0n) is 31.3. The Morgan fingerprint density at radius 2 is 0.828 bits per heavy atom. The van der Waals surface area contributed by atoms with E-state index in [1.807, 2.05) is 78.9 Å². The summed E-state index contributed by atoms with van der Waals surface area (Å²) in [6, 6.07) is 70.6. The third kappa shape index (κ3) is 6.10. The van der Waals surface area contributed by atoms with Crippen LogP contribution in [0, 0.1) is 6.57 Å². The molecule has 0 unspecified atom stereocenters. The Balaban J connectivity index is 1.05. The van der Waals surface area contributed by atoms with E-state index < -0.39 is 5.41 Å². The van der Waals surface area contributed by atoms with Gasteiger partial charge in [0.15, 0.2) is 23.2 Å². The van der Waals surface area contributed by atoms with Gasteiger partial charge in [0.1, 0.15) is 11.5 Å². The minimum Gasteiger partial charge on any atom is -0.457 e. The highest BCUT2D eigenvalue weighted by molar-refractivity contribution is 5.77. The number of benzene rings is 8. The lowest BCUT2D eigenvalue weighted by molar-refractivity contribution is 0.435. The molecule has 5 heteroatoms. The molecule has 1 aliphatic rings. The molecule has 9 aromatic rings. The summed E-state index contributed by atoms with van der Waals surface area (Å²) in [5.41, 5.74) is 11.3. The molecule has 8 aromatic carbocycles. The molecular formula is C53H34N4O. The fourth-order valence-electron chi connectivity index (χ4n) is 8.15. The first-order chi connectivity index (χ1) is 28.7. The fourth-order valence-corrected chi connectivity index (χ4v) is 8.15. The van der Waals surface area contributed by atoms with Crippen LogP contribution in [-0.4, -0.2) is 15.0 Å². The minimum absolute atomic E-state index is 0.566. The van der Waals surface area contributed by atoms with E-state index in [1.165, 1.54) is 11.1 Å². The molecule has 0 saturated heterocycles. The summed E-state index contributed by atoms with van der Waals surface area (Å²) in [6.07, 6.45) is 0. The van der Waals surface area contributed by atoms with Gasteiger partial charge < -0.3 is 4.74 Å².